The van der Waals surface area contributed by atoms with E-state index in [1.165, 1.54) is 7.94 Å². The zero-order valence-corrected chi connectivity index (χ0v) is 33.2. The van der Waals surface area contributed by atoms with Crippen LogP contribution in [0.2, 0.25) is 0 Å². The van der Waals surface area contributed by atoms with Gasteiger partial charge in [0.2, 0.25) is 0 Å². The lowest BCUT2D eigenvalue weighted by Gasteiger charge is -2.10. The summed E-state index contributed by atoms with van der Waals surface area (Å²) in [7, 11) is -4.08. The van der Waals surface area contributed by atoms with Crippen molar-refractivity contribution in [2.75, 3.05) is 14.2 Å². The molecule has 0 saturated heterocycles. The zero-order valence-electron chi connectivity index (χ0n) is 31.6. The molecule has 0 unspecified atom stereocenters. The van der Waals surface area contributed by atoms with E-state index >= 15 is 0 Å². The van der Waals surface area contributed by atoms with Crippen molar-refractivity contribution in [3.8, 4) is 11.5 Å². The molecule has 0 aliphatic rings. The Bertz CT molecular complexity index is 2650. The third kappa shape index (κ3) is 7.33. The van der Waals surface area contributed by atoms with Gasteiger partial charge in [-0.2, -0.15) is 0 Å². The lowest BCUT2D eigenvalue weighted by Crippen LogP contribution is -2.14. The van der Waals surface area contributed by atoms with Gasteiger partial charge in [0.05, 0.1) is 35.0 Å². The van der Waals surface area contributed by atoms with Crippen molar-refractivity contribution in [2.45, 2.75) is 36.5 Å². The second kappa shape index (κ2) is 15.9. The number of fused-ring (bicyclic) bond motifs is 2. The van der Waals surface area contributed by atoms with Crippen LogP contribution in [0.25, 0.3) is 21.8 Å². The normalized spacial score (nSPS) is 11.6. The number of methoxy groups -OCH3 is 2. The summed E-state index contributed by atoms with van der Waals surface area (Å²) >= 11 is 0. The number of ether oxygens (including phenoxy) is 2. The Hall–Kier alpha value is -6.10. The Labute approximate surface area is 328 Å². The molecular formula is C46H42N2O6S2. The van der Waals surface area contributed by atoms with Crippen molar-refractivity contribution in [1.29, 1.82) is 0 Å². The van der Waals surface area contributed by atoms with Gasteiger partial charge < -0.3 is 9.47 Å². The van der Waals surface area contributed by atoms with Gasteiger partial charge in [-0.3, -0.25) is 0 Å². The fourth-order valence-corrected chi connectivity index (χ4v) is 10.4. The van der Waals surface area contributed by atoms with Crippen LogP contribution in [0.4, 0.5) is 0 Å². The van der Waals surface area contributed by atoms with Crippen LogP contribution in [-0.2, 0) is 32.9 Å². The number of aromatic nitrogens is 2. The lowest BCUT2D eigenvalue weighted by molar-refractivity contribution is 0.414. The molecule has 0 amide bonds. The molecule has 2 aromatic heterocycles. The minimum absolute atomic E-state index is 0.287. The van der Waals surface area contributed by atoms with Crippen molar-refractivity contribution in [3.05, 3.63) is 191 Å². The van der Waals surface area contributed by atoms with Gasteiger partial charge in [-0.05, 0) is 110 Å². The molecule has 8 rings (SSSR count). The van der Waals surface area contributed by atoms with Gasteiger partial charge in [-0.15, -0.1) is 0 Å². The fourth-order valence-electron chi connectivity index (χ4n) is 7.16. The Balaban J connectivity index is 0.000000172. The predicted octanol–water partition coefficient (Wildman–Crippen LogP) is 9.57. The van der Waals surface area contributed by atoms with Crippen molar-refractivity contribution in [3.63, 3.8) is 0 Å². The highest BCUT2D eigenvalue weighted by Crippen LogP contribution is 2.33. The highest BCUT2D eigenvalue weighted by molar-refractivity contribution is 7.90. The largest absolute Gasteiger partial charge is 0.497 e. The average Bonchev–Trinajstić information content (AvgIpc) is 3.68. The van der Waals surface area contributed by atoms with E-state index in [-0.39, 0.29) is 9.79 Å². The summed E-state index contributed by atoms with van der Waals surface area (Å²) in [5.41, 5.74) is 7.11. The zero-order chi connectivity index (χ0) is 39.5. The van der Waals surface area contributed by atoms with Crippen LogP contribution in [0.5, 0.6) is 11.5 Å². The van der Waals surface area contributed by atoms with Crippen molar-refractivity contribution in [2.24, 2.45) is 0 Å². The second-order valence-corrected chi connectivity index (χ2v) is 17.0. The molecule has 0 N–H and O–H groups in total. The summed E-state index contributed by atoms with van der Waals surface area (Å²) in [6.07, 6.45) is 1.29. The van der Waals surface area contributed by atoms with Gasteiger partial charge in [0.25, 0.3) is 20.0 Å². The van der Waals surface area contributed by atoms with E-state index in [2.05, 4.69) is 0 Å². The van der Waals surface area contributed by atoms with E-state index in [1.54, 1.807) is 62.8 Å². The number of hydrogen-bond donors (Lipinski definition) is 0. The predicted molar refractivity (Wildman–Crippen MR) is 223 cm³/mol. The maximum absolute atomic E-state index is 13.4. The van der Waals surface area contributed by atoms with E-state index in [4.69, 9.17) is 9.47 Å². The van der Waals surface area contributed by atoms with Gasteiger partial charge in [-0.25, -0.2) is 24.8 Å². The van der Waals surface area contributed by atoms with Gasteiger partial charge >= 0.3 is 0 Å². The van der Waals surface area contributed by atoms with E-state index in [1.807, 2.05) is 123 Å². The minimum atomic E-state index is -3.68. The third-order valence-corrected chi connectivity index (χ3v) is 13.7. The first-order chi connectivity index (χ1) is 27.0. The molecule has 0 radical (unpaired) electrons. The van der Waals surface area contributed by atoms with E-state index < -0.39 is 20.0 Å². The Morgan fingerprint density at radius 1 is 0.429 bits per heavy atom. The van der Waals surface area contributed by atoms with Crippen LogP contribution in [-0.4, -0.2) is 39.0 Å². The Kier molecular flexibility index (Phi) is 10.9. The Morgan fingerprint density at radius 2 is 0.750 bits per heavy atom. The number of nitrogens with zero attached hydrogens (tertiary/aromatic N) is 2. The summed E-state index contributed by atoms with van der Waals surface area (Å²) < 4.78 is 66.9. The third-order valence-electron chi connectivity index (χ3n) is 10.0. The van der Waals surface area contributed by atoms with Crippen molar-refractivity contribution < 1.29 is 26.3 Å². The molecule has 10 heteroatoms. The first-order valence-corrected chi connectivity index (χ1v) is 21.0. The molecule has 284 valence electrons. The monoisotopic (exact) mass is 782 g/mol. The first kappa shape index (κ1) is 38.2. The van der Waals surface area contributed by atoms with Crippen LogP contribution < -0.4 is 9.47 Å². The second-order valence-electron chi connectivity index (χ2n) is 13.4. The summed E-state index contributed by atoms with van der Waals surface area (Å²) in [5, 5.41) is 1.91. The smallest absolute Gasteiger partial charge is 0.268 e. The molecule has 0 bridgehead atoms. The molecule has 0 saturated carbocycles. The van der Waals surface area contributed by atoms with E-state index in [0.717, 1.165) is 55.9 Å². The van der Waals surface area contributed by atoms with Crippen LogP contribution in [0.15, 0.2) is 168 Å². The fraction of sp³-hybridized carbons (Fsp3) is 0.130. The number of para-hydroxylation sites is 2. The SMILES string of the molecule is COc1ccc(Cc2c(C)n(S(=O)(=O)c3ccccc3)c3ccccc23)cc1.COc1ccc(Cc2c(C)n(S(=O)(=O)c3ccccc3)c3ccccc23)cc1. The van der Waals surface area contributed by atoms with E-state index in [0.29, 0.717) is 23.9 Å². The van der Waals surface area contributed by atoms with Crippen LogP contribution >= 0.6 is 0 Å². The van der Waals surface area contributed by atoms with Gasteiger partial charge in [0.15, 0.2) is 0 Å². The molecule has 0 aliphatic heterocycles. The van der Waals surface area contributed by atoms with Gasteiger partial charge in [0.1, 0.15) is 11.5 Å². The van der Waals surface area contributed by atoms with Crippen LogP contribution in [0, 0.1) is 13.8 Å². The number of rotatable bonds is 10. The molecule has 0 spiro atoms. The lowest BCUT2D eigenvalue weighted by atomic mass is 10.0. The standard InChI is InChI=1S/2C23H21NO3S/c2*1-17-22(16-18-12-14-19(27-2)15-13-18)21-10-6-7-11-23(21)24(17)28(25,26)20-8-4-3-5-9-20/h2*3-15H,16H2,1-2H3. The summed E-state index contributed by atoms with van der Waals surface area (Å²) in [6.45, 7) is 3.75. The van der Waals surface area contributed by atoms with Crippen LogP contribution in [0.1, 0.15) is 33.6 Å². The number of benzene rings is 6. The minimum Gasteiger partial charge on any atom is -0.497 e. The summed E-state index contributed by atoms with van der Waals surface area (Å²) in [4.78, 5) is 0.574. The molecule has 2 heterocycles. The summed E-state index contributed by atoms with van der Waals surface area (Å²) in [5.74, 6) is 1.60. The van der Waals surface area contributed by atoms with Gasteiger partial charge in [-0.1, -0.05) is 97.1 Å². The summed E-state index contributed by atoms with van der Waals surface area (Å²) in [6, 6.07) is 48.2. The Morgan fingerprint density at radius 3 is 1.09 bits per heavy atom. The highest BCUT2D eigenvalue weighted by Gasteiger charge is 2.26. The first-order valence-electron chi connectivity index (χ1n) is 18.1. The van der Waals surface area contributed by atoms with Gasteiger partial charge in [0, 0.05) is 22.2 Å². The highest BCUT2D eigenvalue weighted by atomic mass is 32.2. The molecule has 0 fully saturated rings. The maximum atomic E-state index is 13.4. The average molecular weight is 783 g/mol. The topological polar surface area (TPSA) is 96.6 Å². The van der Waals surface area contributed by atoms with Crippen LogP contribution in [0.3, 0.4) is 0 Å². The molecule has 8 aromatic rings. The van der Waals surface area contributed by atoms with Crippen molar-refractivity contribution >= 4 is 41.9 Å². The maximum Gasteiger partial charge on any atom is 0.268 e. The molecule has 56 heavy (non-hydrogen) atoms. The molecular weight excluding hydrogens is 741 g/mol. The molecule has 0 atom stereocenters. The van der Waals surface area contributed by atoms with Crippen molar-refractivity contribution in [1.82, 2.24) is 7.94 Å². The molecule has 8 nitrogen and oxygen atoms in total. The molecule has 6 aromatic carbocycles. The quantitative estimate of drug-likeness (QED) is 0.137. The van der Waals surface area contributed by atoms with E-state index in [9.17, 15) is 16.8 Å². The number of hydrogen-bond acceptors (Lipinski definition) is 6. The molecule has 0 aliphatic carbocycles.